The van der Waals surface area contributed by atoms with Crippen LogP contribution < -0.4 is 5.32 Å². The van der Waals surface area contributed by atoms with Gasteiger partial charge in [-0.25, -0.2) is 8.78 Å². The number of alkyl halides is 2. The van der Waals surface area contributed by atoms with Crippen LogP contribution in [0.5, 0.6) is 0 Å². The topological polar surface area (TPSA) is 45.0 Å². The van der Waals surface area contributed by atoms with Gasteiger partial charge in [0.05, 0.1) is 31.6 Å². The molecule has 1 heterocycles. The Hall–Kier alpha value is -1.67. The Labute approximate surface area is 111 Å². The summed E-state index contributed by atoms with van der Waals surface area (Å²) in [5, 5.41) is 11.6. The minimum absolute atomic E-state index is 0.0812. The summed E-state index contributed by atoms with van der Waals surface area (Å²) in [6, 6.07) is 9.33. The number of halogens is 2. The van der Waals surface area contributed by atoms with E-state index in [9.17, 15) is 8.78 Å². The van der Waals surface area contributed by atoms with Crippen molar-refractivity contribution in [1.29, 1.82) is 5.26 Å². The van der Waals surface area contributed by atoms with Crippen LogP contribution >= 0.6 is 0 Å². The molecule has 3 nitrogen and oxygen atoms in total. The third kappa shape index (κ3) is 3.65. The molecule has 1 aromatic rings. The van der Waals surface area contributed by atoms with Gasteiger partial charge in [0.25, 0.3) is 5.92 Å². The lowest BCUT2D eigenvalue weighted by molar-refractivity contribution is -0.136. The molecule has 0 saturated carbocycles. The van der Waals surface area contributed by atoms with Gasteiger partial charge in [-0.05, 0) is 17.7 Å². The molecule has 1 unspecified atom stereocenters. The van der Waals surface area contributed by atoms with Crippen molar-refractivity contribution in [3.05, 3.63) is 29.8 Å². The van der Waals surface area contributed by atoms with E-state index in [1.165, 1.54) is 0 Å². The van der Waals surface area contributed by atoms with Gasteiger partial charge in [-0.15, -0.1) is 0 Å². The Kier molecular flexibility index (Phi) is 4.33. The van der Waals surface area contributed by atoms with E-state index in [4.69, 9.17) is 10.00 Å². The van der Waals surface area contributed by atoms with E-state index in [0.29, 0.717) is 6.42 Å². The Bertz CT molecular complexity index is 471. The molecule has 1 aromatic carbocycles. The van der Waals surface area contributed by atoms with Crippen LogP contribution in [-0.4, -0.2) is 25.7 Å². The van der Waals surface area contributed by atoms with Gasteiger partial charge in [0.2, 0.25) is 0 Å². The molecule has 0 aromatic heterocycles. The number of benzene rings is 1. The highest BCUT2D eigenvalue weighted by molar-refractivity contribution is 5.46. The minimum Gasteiger partial charge on any atom is -0.384 e. The Morgan fingerprint density at radius 2 is 2.32 bits per heavy atom. The van der Waals surface area contributed by atoms with Crippen LogP contribution in [0.4, 0.5) is 14.5 Å². The van der Waals surface area contributed by atoms with Crippen LogP contribution in [0, 0.1) is 17.2 Å². The first-order valence-electron chi connectivity index (χ1n) is 6.27. The summed E-state index contributed by atoms with van der Waals surface area (Å²) in [6.07, 6.45) is 0.103. The summed E-state index contributed by atoms with van der Waals surface area (Å²) in [5.41, 5.74) is 1.63. The number of rotatable bonds is 4. The molecule has 102 valence electrons. The van der Waals surface area contributed by atoms with Gasteiger partial charge in [0.1, 0.15) is 0 Å². The highest BCUT2D eigenvalue weighted by atomic mass is 19.3. The van der Waals surface area contributed by atoms with Crippen molar-refractivity contribution in [3.63, 3.8) is 0 Å². The van der Waals surface area contributed by atoms with Crippen molar-refractivity contribution >= 4 is 5.69 Å². The maximum absolute atomic E-state index is 13.6. The van der Waals surface area contributed by atoms with E-state index in [1.807, 2.05) is 24.3 Å². The number of nitrogens with zero attached hydrogens (tertiary/aromatic N) is 1. The SMILES string of the molecule is N#CCc1cccc(NCC2COCCC2(F)F)c1. The number of anilines is 1. The molecule has 1 aliphatic heterocycles. The molecule has 1 fully saturated rings. The second-order valence-corrected chi connectivity index (χ2v) is 4.70. The molecular formula is C14H16F2N2O. The molecule has 0 spiro atoms. The van der Waals surface area contributed by atoms with Crippen LogP contribution in [0.2, 0.25) is 0 Å². The maximum atomic E-state index is 13.6. The number of nitrogens with one attached hydrogen (secondary N) is 1. The van der Waals surface area contributed by atoms with Gasteiger partial charge in [0.15, 0.2) is 0 Å². The summed E-state index contributed by atoms with van der Waals surface area (Å²) in [5.74, 6) is -3.48. The summed E-state index contributed by atoms with van der Waals surface area (Å²) < 4.78 is 32.3. The highest BCUT2D eigenvalue weighted by Crippen LogP contribution is 2.32. The van der Waals surface area contributed by atoms with Crippen molar-refractivity contribution < 1.29 is 13.5 Å². The maximum Gasteiger partial charge on any atom is 0.257 e. The number of hydrogen-bond acceptors (Lipinski definition) is 3. The predicted octanol–water partition coefficient (Wildman–Crippen LogP) is 2.84. The summed E-state index contributed by atoms with van der Waals surface area (Å²) >= 11 is 0. The normalized spacial score (nSPS) is 21.6. The zero-order valence-electron chi connectivity index (χ0n) is 10.5. The summed E-state index contributed by atoms with van der Waals surface area (Å²) in [4.78, 5) is 0. The molecule has 5 heteroatoms. The monoisotopic (exact) mass is 266 g/mol. The van der Waals surface area contributed by atoms with Gasteiger partial charge < -0.3 is 10.1 Å². The van der Waals surface area contributed by atoms with Crippen molar-refractivity contribution in [3.8, 4) is 6.07 Å². The molecule has 0 amide bonds. The molecule has 0 radical (unpaired) electrons. The van der Waals surface area contributed by atoms with Crippen molar-refractivity contribution in [2.24, 2.45) is 5.92 Å². The molecular weight excluding hydrogens is 250 g/mol. The average Bonchev–Trinajstić information content (AvgIpc) is 2.38. The molecule has 2 rings (SSSR count). The van der Waals surface area contributed by atoms with Crippen molar-refractivity contribution in [2.75, 3.05) is 25.1 Å². The molecule has 1 N–H and O–H groups in total. The van der Waals surface area contributed by atoms with Crippen molar-refractivity contribution in [2.45, 2.75) is 18.8 Å². The molecule has 1 atom stereocenters. The van der Waals surface area contributed by atoms with Gasteiger partial charge in [-0.2, -0.15) is 5.26 Å². The third-order valence-corrected chi connectivity index (χ3v) is 3.26. The van der Waals surface area contributed by atoms with E-state index < -0.39 is 11.8 Å². The third-order valence-electron chi connectivity index (χ3n) is 3.26. The van der Waals surface area contributed by atoms with Crippen LogP contribution in [-0.2, 0) is 11.2 Å². The first-order valence-corrected chi connectivity index (χ1v) is 6.27. The second-order valence-electron chi connectivity index (χ2n) is 4.70. The molecule has 0 bridgehead atoms. The fraction of sp³-hybridized carbons (Fsp3) is 0.500. The van der Waals surface area contributed by atoms with Crippen LogP contribution in [0.15, 0.2) is 24.3 Å². The molecule has 1 saturated heterocycles. The molecule has 19 heavy (non-hydrogen) atoms. The lowest BCUT2D eigenvalue weighted by Crippen LogP contribution is -2.41. The Morgan fingerprint density at radius 3 is 3.05 bits per heavy atom. The van der Waals surface area contributed by atoms with Crippen LogP contribution in [0.3, 0.4) is 0 Å². The zero-order chi connectivity index (χ0) is 13.7. The lowest BCUT2D eigenvalue weighted by atomic mass is 9.97. The Morgan fingerprint density at radius 1 is 1.47 bits per heavy atom. The van der Waals surface area contributed by atoms with Crippen LogP contribution in [0.1, 0.15) is 12.0 Å². The van der Waals surface area contributed by atoms with Gasteiger partial charge in [-0.1, -0.05) is 12.1 Å². The van der Waals surface area contributed by atoms with Gasteiger partial charge in [0, 0.05) is 18.7 Å². The van der Waals surface area contributed by atoms with E-state index >= 15 is 0 Å². The largest absolute Gasteiger partial charge is 0.384 e. The van der Waals surface area contributed by atoms with E-state index in [2.05, 4.69) is 11.4 Å². The Balaban J connectivity index is 1.94. The van der Waals surface area contributed by atoms with Gasteiger partial charge >= 0.3 is 0 Å². The summed E-state index contributed by atoms with van der Waals surface area (Å²) in [7, 11) is 0. The van der Waals surface area contributed by atoms with Gasteiger partial charge in [-0.3, -0.25) is 0 Å². The fourth-order valence-corrected chi connectivity index (χ4v) is 2.09. The average molecular weight is 266 g/mol. The highest BCUT2D eigenvalue weighted by Gasteiger charge is 2.41. The van der Waals surface area contributed by atoms with E-state index in [-0.39, 0.29) is 26.2 Å². The number of hydrogen-bond donors (Lipinski definition) is 1. The number of nitriles is 1. The lowest BCUT2D eigenvalue weighted by Gasteiger charge is -2.31. The van der Waals surface area contributed by atoms with Crippen LogP contribution in [0.25, 0.3) is 0 Å². The van der Waals surface area contributed by atoms with E-state index in [0.717, 1.165) is 11.3 Å². The second kappa shape index (κ2) is 5.98. The van der Waals surface area contributed by atoms with E-state index in [1.54, 1.807) is 0 Å². The summed E-state index contributed by atoms with van der Waals surface area (Å²) in [6.45, 7) is 0.377. The number of ether oxygens (including phenoxy) is 1. The first-order chi connectivity index (χ1) is 9.12. The zero-order valence-corrected chi connectivity index (χ0v) is 10.5. The standard InChI is InChI=1S/C14H16F2N2O/c15-14(16)5-7-19-10-12(14)9-18-13-3-1-2-11(8-13)4-6-17/h1-3,8,12,18H,4-5,7,9-10H2. The molecule has 0 aliphatic carbocycles. The predicted molar refractivity (Wildman–Crippen MR) is 68.1 cm³/mol. The minimum atomic E-state index is -2.67. The first kappa shape index (κ1) is 13.8. The molecule has 1 aliphatic rings. The smallest absolute Gasteiger partial charge is 0.257 e. The quantitative estimate of drug-likeness (QED) is 0.911. The fourth-order valence-electron chi connectivity index (χ4n) is 2.09. The van der Waals surface area contributed by atoms with Crippen molar-refractivity contribution in [1.82, 2.24) is 0 Å².